The van der Waals surface area contributed by atoms with Crippen molar-refractivity contribution in [1.29, 1.82) is 0 Å². The van der Waals surface area contributed by atoms with Crippen molar-refractivity contribution < 1.29 is 60.0 Å². The molecule has 232 valence electrons. The van der Waals surface area contributed by atoms with E-state index >= 15 is 0 Å². The Morgan fingerprint density at radius 2 is 0.850 bits per heavy atom. The highest BCUT2D eigenvalue weighted by Gasteiger charge is 2.13. The Morgan fingerprint density at radius 1 is 0.525 bits per heavy atom. The third kappa shape index (κ3) is 22.0. The number of ether oxygens (including phenoxy) is 9. The highest BCUT2D eigenvalue weighted by Crippen LogP contribution is 2.10. The Bertz CT molecular complexity index is 808. The first-order valence-electron chi connectivity index (χ1n) is 13.2. The summed E-state index contributed by atoms with van der Waals surface area (Å²) in [6, 6.07) is 7.96. The van der Waals surface area contributed by atoms with E-state index < -0.39 is 10.1 Å². The highest BCUT2D eigenvalue weighted by atomic mass is 32.2. The van der Waals surface area contributed by atoms with Crippen molar-refractivity contribution in [2.45, 2.75) is 11.3 Å². The number of hydrogen-bond acceptors (Lipinski definition) is 13. The lowest BCUT2D eigenvalue weighted by Gasteiger charge is -2.09. The van der Waals surface area contributed by atoms with Crippen LogP contribution in [0.3, 0.4) is 0 Å². The molecule has 0 amide bonds. The molecule has 0 spiro atoms. The zero-order chi connectivity index (χ0) is 29.0. The van der Waals surface area contributed by atoms with E-state index in [4.69, 9.17) is 42.1 Å². The van der Waals surface area contributed by atoms with Crippen molar-refractivity contribution in [3.63, 3.8) is 0 Å². The van der Waals surface area contributed by atoms with Gasteiger partial charge in [-0.25, -0.2) is 0 Å². The molecule has 0 unspecified atom stereocenters. The lowest BCUT2D eigenvalue weighted by Crippen LogP contribution is -2.15. The van der Waals surface area contributed by atoms with Crippen LogP contribution in [0.25, 0.3) is 0 Å². The monoisotopic (exact) mass is 596 g/mol. The van der Waals surface area contributed by atoms with Crippen LogP contribution < -0.4 is 0 Å². The molecule has 0 aliphatic carbocycles. The van der Waals surface area contributed by atoms with Crippen LogP contribution in [-0.4, -0.2) is 134 Å². The first kappa shape index (κ1) is 36.3. The van der Waals surface area contributed by atoms with E-state index in [1.807, 2.05) is 0 Å². The number of carbonyl (C=O) groups is 1. The fourth-order valence-electron chi connectivity index (χ4n) is 2.76. The smallest absolute Gasteiger partial charge is 0.307 e. The molecule has 40 heavy (non-hydrogen) atoms. The Labute approximate surface area is 237 Å². The third-order valence-corrected chi connectivity index (χ3v) is 6.11. The molecule has 0 N–H and O–H groups in total. The fourth-order valence-corrected chi connectivity index (χ4v) is 3.67. The van der Waals surface area contributed by atoms with E-state index in [9.17, 15) is 13.2 Å². The predicted molar refractivity (Wildman–Crippen MR) is 143 cm³/mol. The van der Waals surface area contributed by atoms with Gasteiger partial charge in [-0.3, -0.25) is 8.98 Å². The standard InChI is InChI=1S/C26H44O13S/c1-30-26(27)7-8-31-9-10-32-11-12-33-13-14-34-15-16-35-17-18-36-19-20-37-21-22-38-23-24-39-40(28,29)25-5-3-2-4-6-25/h2-6H,7-24H2,1H3. The van der Waals surface area contributed by atoms with Gasteiger partial charge in [0.05, 0.1) is 131 Å². The van der Waals surface area contributed by atoms with Crippen LogP contribution in [-0.2, 0) is 61.7 Å². The average molecular weight is 597 g/mol. The Balaban J connectivity index is 1.70. The quantitative estimate of drug-likeness (QED) is 0.0740. The van der Waals surface area contributed by atoms with E-state index in [1.165, 1.54) is 19.2 Å². The molecule has 1 aromatic rings. The van der Waals surface area contributed by atoms with Gasteiger partial charge in [0.15, 0.2) is 0 Å². The SMILES string of the molecule is COC(=O)CCOCCOCCOCCOCCOCCOCCOCCOCCOS(=O)(=O)c1ccccc1. The zero-order valence-corrected chi connectivity index (χ0v) is 24.1. The Morgan fingerprint density at radius 3 is 1.20 bits per heavy atom. The molecule has 0 saturated heterocycles. The van der Waals surface area contributed by atoms with Gasteiger partial charge in [0.1, 0.15) is 0 Å². The number of rotatable bonds is 29. The van der Waals surface area contributed by atoms with Gasteiger partial charge in [0.25, 0.3) is 10.1 Å². The summed E-state index contributed by atoms with van der Waals surface area (Å²) in [6.07, 6.45) is 0.236. The molecule has 13 nitrogen and oxygen atoms in total. The van der Waals surface area contributed by atoms with Gasteiger partial charge < -0.3 is 42.6 Å². The van der Waals surface area contributed by atoms with Crippen molar-refractivity contribution >= 4 is 16.1 Å². The third-order valence-electron chi connectivity index (χ3n) is 4.78. The summed E-state index contributed by atoms with van der Waals surface area (Å²) in [5, 5.41) is 0. The van der Waals surface area contributed by atoms with Crippen LogP contribution in [0.1, 0.15) is 6.42 Å². The van der Waals surface area contributed by atoms with Crippen LogP contribution in [0.15, 0.2) is 35.2 Å². The summed E-state index contributed by atoms with van der Waals surface area (Å²) in [5.74, 6) is -0.294. The molecule has 0 saturated carbocycles. The molecule has 1 aromatic carbocycles. The number of esters is 1. The normalized spacial score (nSPS) is 11.6. The predicted octanol–water partition coefficient (Wildman–Crippen LogP) is 1.09. The molecule has 0 aliphatic heterocycles. The molecule has 0 aromatic heterocycles. The minimum absolute atomic E-state index is 0.0609. The van der Waals surface area contributed by atoms with Crippen molar-refractivity contribution in [2.75, 3.05) is 119 Å². The van der Waals surface area contributed by atoms with Crippen LogP contribution in [0.5, 0.6) is 0 Å². The fraction of sp³-hybridized carbons (Fsp3) is 0.731. The minimum atomic E-state index is -3.76. The maximum Gasteiger partial charge on any atom is 0.307 e. The topological polar surface area (TPSA) is 144 Å². The van der Waals surface area contributed by atoms with Gasteiger partial charge >= 0.3 is 5.97 Å². The second kappa shape index (κ2) is 26.2. The number of benzene rings is 1. The second-order valence-corrected chi connectivity index (χ2v) is 9.43. The summed E-state index contributed by atoms with van der Waals surface area (Å²) in [5.41, 5.74) is 0. The van der Waals surface area contributed by atoms with Crippen molar-refractivity contribution in [2.24, 2.45) is 0 Å². The molecular weight excluding hydrogens is 552 g/mol. The van der Waals surface area contributed by atoms with E-state index in [0.717, 1.165) is 0 Å². The van der Waals surface area contributed by atoms with Crippen LogP contribution in [0, 0.1) is 0 Å². The van der Waals surface area contributed by atoms with E-state index in [-0.39, 0.29) is 30.5 Å². The maximum absolute atomic E-state index is 11.9. The summed E-state index contributed by atoms with van der Waals surface area (Å²) >= 11 is 0. The lowest BCUT2D eigenvalue weighted by atomic mass is 10.4. The summed E-state index contributed by atoms with van der Waals surface area (Å²) < 4.78 is 76.2. The highest BCUT2D eigenvalue weighted by molar-refractivity contribution is 7.86. The summed E-state index contributed by atoms with van der Waals surface area (Å²) in [7, 11) is -2.41. The van der Waals surface area contributed by atoms with E-state index in [0.29, 0.717) is 99.1 Å². The van der Waals surface area contributed by atoms with Crippen molar-refractivity contribution in [1.82, 2.24) is 0 Å². The molecule has 0 fully saturated rings. The van der Waals surface area contributed by atoms with Gasteiger partial charge in [0.2, 0.25) is 0 Å². The number of carbonyl (C=O) groups excluding carboxylic acids is 1. The molecular formula is C26H44O13S. The Kier molecular flexibility index (Phi) is 23.8. The first-order valence-corrected chi connectivity index (χ1v) is 14.6. The molecule has 0 heterocycles. The van der Waals surface area contributed by atoms with Gasteiger partial charge in [-0.15, -0.1) is 0 Å². The van der Waals surface area contributed by atoms with Crippen molar-refractivity contribution in [3.05, 3.63) is 30.3 Å². The molecule has 0 bridgehead atoms. The van der Waals surface area contributed by atoms with Gasteiger partial charge in [-0.05, 0) is 12.1 Å². The Hall–Kier alpha value is -1.72. The number of hydrogen-bond donors (Lipinski definition) is 0. The maximum atomic E-state index is 11.9. The van der Waals surface area contributed by atoms with Crippen LogP contribution in [0.2, 0.25) is 0 Å². The molecule has 0 atom stereocenters. The number of methoxy groups -OCH3 is 1. The van der Waals surface area contributed by atoms with Gasteiger partial charge in [-0.2, -0.15) is 8.42 Å². The zero-order valence-electron chi connectivity index (χ0n) is 23.3. The summed E-state index contributed by atoms with van der Waals surface area (Å²) in [6.45, 7) is 6.51. The molecule has 14 heteroatoms. The first-order chi connectivity index (χ1) is 19.6. The lowest BCUT2D eigenvalue weighted by molar-refractivity contribution is -0.141. The molecule has 0 radical (unpaired) electrons. The largest absolute Gasteiger partial charge is 0.469 e. The van der Waals surface area contributed by atoms with Gasteiger partial charge in [-0.1, -0.05) is 18.2 Å². The average Bonchev–Trinajstić information content (AvgIpc) is 2.97. The second-order valence-electron chi connectivity index (χ2n) is 7.81. The van der Waals surface area contributed by atoms with Crippen LogP contribution >= 0.6 is 0 Å². The van der Waals surface area contributed by atoms with Crippen LogP contribution in [0.4, 0.5) is 0 Å². The minimum Gasteiger partial charge on any atom is -0.469 e. The van der Waals surface area contributed by atoms with E-state index in [1.54, 1.807) is 18.2 Å². The van der Waals surface area contributed by atoms with Gasteiger partial charge in [0, 0.05) is 0 Å². The van der Waals surface area contributed by atoms with E-state index in [2.05, 4.69) is 4.74 Å². The molecule has 0 aliphatic rings. The van der Waals surface area contributed by atoms with Crippen molar-refractivity contribution in [3.8, 4) is 0 Å². The molecule has 1 rings (SSSR count). The summed E-state index contributed by atoms with van der Waals surface area (Å²) in [4.78, 5) is 11.0.